The molecule has 1 aliphatic carbocycles. The molecular weight excluding hydrogens is 547 g/mol. The van der Waals surface area contributed by atoms with Gasteiger partial charge >= 0.3 is 0 Å². The SMILES string of the molecule is CCCCN1C(=O)[C@@H]([C@H](O)C2CCCCC2)NC(=O)C12CCN(Cc1ccc(-c3ccccc3)nc1)CC2.Cl.Cl. The van der Waals surface area contributed by atoms with Crippen molar-refractivity contribution in [2.75, 3.05) is 19.6 Å². The van der Waals surface area contributed by atoms with E-state index in [2.05, 4.69) is 46.4 Å². The molecule has 5 rings (SSSR count). The van der Waals surface area contributed by atoms with E-state index in [9.17, 15) is 14.7 Å². The molecule has 0 unspecified atom stereocenters. The Bertz CT molecular complexity index is 1090. The standard InChI is InChI=1S/C31H42N4O3.2ClH/c1-2-3-18-35-29(37)27(28(36)25-12-8-5-9-13-25)33-30(38)31(35)16-19-34(20-17-31)22-23-14-15-26(32-21-23)24-10-6-4-7-11-24;;/h4,6-7,10-11,14-15,21,25,27-28,36H,2-3,5,8-9,12-13,16-20,22H2,1H3,(H,33,38);2*1H/t27-,28-;;/m1../s1. The molecule has 9 heteroatoms. The van der Waals surface area contributed by atoms with Crippen LogP contribution in [0.5, 0.6) is 0 Å². The van der Waals surface area contributed by atoms with Crippen molar-refractivity contribution in [2.45, 2.75) is 88.9 Å². The maximum Gasteiger partial charge on any atom is 0.248 e. The maximum absolute atomic E-state index is 13.8. The molecule has 0 radical (unpaired) electrons. The fourth-order valence-corrected chi connectivity index (χ4v) is 6.59. The lowest BCUT2D eigenvalue weighted by Gasteiger charge is -2.52. The van der Waals surface area contributed by atoms with Crippen molar-refractivity contribution in [1.82, 2.24) is 20.1 Å². The highest BCUT2D eigenvalue weighted by Crippen LogP contribution is 2.36. The lowest BCUT2D eigenvalue weighted by Crippen LogP contribution is -2.75. The van der Waals surface area contributed by atoms with E-state index in [0.29, 0.717) is 19.4 Å². The Morgan fingerprint density at radius 3 is 2.35 bits per heavy atom. The van der Waals surface area contributed by atoms with E-state index < -0.39 is 17.7 Å². The Hall–Kier alpha value is -2.19. The number of piperazine rings is 1. The van der Waals surface area contributed by atoms with Gasteiger partial charge in [-0.1, -0.05) is 69.0 Å². The summed E-state index contributed by atoms with van der Waals surface area (Å²) in [4.78, 5) is 36.3. The van der Waals surface area contributed by atoms with Gasteiger partial charge in [0.2, 0.25) is 11.8 Å². The first kappa shape index (κ1) is 32.3. The van der Waals surface area contributed by atoms with E-state index in [-0.39, 0.29) is 42.5 Å². The third-order valence-electron chi connectivity index (χ3n) is 8.95. The summed E-state index contributed by atoms with van der Waals surface area (Å²) in [6.45, 7) is 4.92. The zero-order valence-electron chi connectivity index (χ0n) is 23.5. The Kier molecular flexibility index (Phi) is 11.8. The van der Waals surface area contributed by atoms with Gasteiger partial charge in [-0.2, -0.15) is 0 Å². The van der Waals surface area contributed by atoms with Gasteiger partial charge < -0.3 is 15.3 Å². The van der Waals surface area contributed by atoms with Crippen LogP contribution in [-0.2, 0) is 16.1 Å². The second-order valence-corrected chi connectivity index (χ2v) is 11.4. The van der Waals surface area contributed by atoms with Crippen LogP contribution in [0.25, 0.3) is 11.3 Å². The van der Waals surface area contributed by atoms with Crippen LogP contribution in [0.1, 0.15) is 70.3 Å². The highest BCUT2D eigenvalue weighted by molar-refractivity contribution is 6.00. The minimum Gasteiger partial charge on any atom is -0.390 e. The smallest absolute Gasteiger partial charge is 0.248 e. The molecule has 1 spiro atoms. The molecule has 3 heterocycles. The second-order valence-electron chi connectivity index (χ2n) is 11.4. The number of pyridine rings is 1. The zero-order valence-corrected chi connectivity index (χ0v) is 25.1. The van der Waals surface area contributed by atoms with E-state index in [1.165, 1.54) is 6.42 Å². The number of rotatable bonds is 8. The molecule has 7 nitrogen and oxygen atoms in total. The van der Waals surface area contributed by atoms with Gasteiger partial charge in [0.05, 0.1) is 11.8 Å². The first-order valence-electron chi connectivity index (χ1n) is 14.5. The molecule has 2 amide bonds. The fraction of sp³-hybridized carbons (Fsp3) is 0.581. The number of nitrogens with zero attached hydrogens (tertiary/aromatic N) is 3. The number of nitrogens with one attached hydrogen (secondary N) is 1. The van der Waals surface area contributed by atoms with Crippen molar-refractivity contribution in [3.8, 4) is 11.3 Å². The normalized spacial score (nSPS) is 22.2. The number of aliphatic hydroxyl groups excluding tert-OH is 1. The molecule has 2 saturated heterocycles. The van der Waals surface area contributed by atoms with Crippen molar-refractivity contribution < 1.29 is 14.7 Å². The fourth-order valence-electron chi connectivity index (χ4n) is 6.59. The third kappa shape index (κ3) is 6.81. The summed E-state index contributed by atoms with van der Waals surface area (Å²) in [6.07, 6.45) is 9.37. The summed E-state index contributed by atoms with van der Waals surface area (Å²) < 4.78 is 0. The van der Waals surface area contributed by atoms with E-state index in [1.807, 2.05) is 29.3 Å². The third-order valence-corrected chi connectivity index (χ3v) is 8.95. The van der Waals surface area contributed by atoms with Crippen molar-refractivity contribution in [3.63, 3.8) is 0 Å². The summed E-state index contributed by atoms with van der Waals surface area (Å²) in [6, 6.07) is 13.5. The average molecular weight is 592 g/mol. The van der Waals surface area contributed by atoms with E-state index in [0.717, 1.165) is 75.0 Å². The molecule has 1 saturated carbocycles. The van der Waals surface area contributed by atoms with Gasteiger partial charge in [-0.05, 0) is 49.7 Å². The Labute approximate surface area is 250 Å². The second kappa shape index (κ2) is 14.6. The maximum atomic E-state index is 13.8. The summed E-state index contributed by atoms with van der Waals surface area (Å²) >= 11 is 0. The largest absolute Gasteiger partial charge is 0.390 e. The molecule has 2 aromatic rings. The first-order valence-corrected chi connectivity index (χ1v) is 14.5. The van der Waals surface area contributed by atoms with E-state index >= 15 is 0 Å². The quantitative estimate of drug-likeness (QED) is 0.452. The molecule has 3 fully saturated rings. The first-order chi connectivity index (χ1) is 18.5. The van der Waals surface area contributed by atoms with E-state index in [1.54, 1.807) is 0 Å². The molecule has 2 atom stereocenters. The molecule has 1 aromatic heterocycles. The Morgan fingerprint density at radius 2 is 1.73 bits per heavy atom. The van der Waals surface area contributed by atoms with Crippen molar-refractivity contribution in [3.05, 3.63) is 54.2 Å². The number of likely N-dealkylation sites (tertiary alicyclic amines) is 1. The summed E-state index contributed by atoms with van der Waals surface area (Å²) in [7, 11) is 0. The Morgan fingerprint density at radius 1 is 1.02 bits per heavy atom. The number of carbonyl (C=O) groups is 2. The number of amides is 2. The number of aromatic nitrogens is 1. The topological polar surface area (TPSA) is 85.8 Å². The monoisotopic (exact) mass is 590 g/mol. The minimum atomic E-state index is -0.819. The zero-order chi connectivity index (χ0) is 26.5. The van der Waals surface area contributed by atoms with Crippen molar-refractivity contribution in [2.24, 2.45) is 5.92 Å². The van der Waals surface area contributed by atoms with Gasteiger partial charge in [0.25, 0.3) is 0 Å². The van der Waals surface area contributed by atoms with Crippen molar-refractivity contribution in [1.29, 1.82) is 0 Å². The number of halogens is 2. The molecule has 220 valence electrons. The molecule has 2 aliphatic heterocycles. The highest BCUT2D eigenvalue weighted by Gasteiger charge is 2.55. The van der Waals surface area contributed by atoms with Gasteiger partial charge in [0.15, 0.2) is 0 Å². The van der Waals surface area contributed by atoms with Gasteiger partial charge in [-0.25, -0.2) is 0 Å². The molecule has 3 aliphatic rings. The number of aliphatic hydroxyl groups is 1. The van der Waals surface area contributed by atoms with Crippen LogP contribution >= 0.6 is 24.8 Å². The molecule has 40 heavy (non-hydrogen) atoms. The average Bonchev–Trinajstić information content (AvgIpc) is 2.97. The van der Waals surface area contributed by atoms with Crippen LogP contribution in [0.2, 0.25) is 0 Å². The Balaban J connectivity index is 0.00000220. The number of hydrogen-bond donors (Lipinski definition) is 2. The van der Waals surface area contributed by atoms with Crippen LogP contribution in [0.15, 0.2) is 48.7 Å². The lowest BCUT2D eigenvalue weighted by molar-refractivity contribution is -0.166. The molecular formula is C31H44Cl2N4O3. The van der Waals surface area contributed by atoms with Gasteiger partial charge in [-0.15, -0.1) is 24.8 Å². The van der Waals surface area contributed by atoms with Gasteiger partial charge in [-0.3, -0.25) is 19.5 Å². The summed E-state index contributed by atoms with van der Waals surface area (Å²) in [5, 5.41) is 14.1. The predicted molar refractivity (Wildman–Crippen MR) is 163 cm³/mol. The molecule has 0 bridgehead atoms. The van der Waals surface area contributed by atoms with Crippen LogP contribution < -0.4 is 5.32 Å². The molecule has 1 aromatic carbocycles. The number of unbranched alkanes of at least 4 members (excludes halogenated alkanes) is 1. The molecule has 2 N–H and O–H groups in total. The predicted octanol–water partition coefficient (Wildman–Crippen LogP) is 5.00. The highest BCUT2D eigenvalue weighted by atomic mass is 35.5. The van der Waals surface area contributed by atoms with E-state index in [4.69, 9.17) is 0 Å². The number of benzene rings is 1. The van der Waals surface area contributed by atoms with Crippen LogP contribution in [0, 0.1) is 5.92 Å². The van der Waals surface area contributed by atoms with Crippen LogP contribution in [0.3, 0.4) is 0 Å². The lowest BCUT2D eigenvalue weighted by atomic mass is 9.78. The van der Waals surface area contributed by atoms with Crippen LogP contribution in [0.4, 0.5) is 0 Å². The van der Waals surface area contributed by atoms with Gasteiger partial charge in [0.1, 0.15) is 11.6 Å². The number of carbonyl (C=O) groups excluding carboxylic acids is 2. The summed E-state index contributed by atoms with van der Waals surface area (Å²) in [5.41, 5.74) is 2.39. The summed E-state index contributed by atoms with van der Waals surface area (Å²) in [5.74, 6) is -0.0873. The number of hydrogen-bond acceptors (Lipinski definition) is 5. The number of piperidine rings is 1. The van der Waals surface area contributed by atoms with Gasteiger partial charge in [0, 0.05) is 37.9 Å². The van der Waals surface area contributed by atoms with Crippen LogP contribution in [-0.4, -0.2) is 69.0 Å². The van der Waals surface area contributed by atoms with Crippen molar-refractivity contribution >= 4 is 36.6 Å². The minimum absolute atomic E-state index is 0.